The van der Waals surface area contributed by atoms with E-state index in [-0.39, 0.29) is 43.7 Å². The summed E-state index contributed by atoms with van der Waals surface area (Å²) in [6.45, 7) is 4.32. The van der Waals surface area contributed by atoms with Crippen LogP contribution in [0, 0.1) is 12.8 Å². The number of fused-ring (bicyclic) bond motifs is 4. The fraction of sp³-hybridized carbons (Fsp3) is 0.450. The summed E-state index contributed by atoms with van der Waals surface area (Å²) in [5.41, 5.74) is 3.89. The minimum absolute atomic E-state index is 0.00372. The van der Waals surface area contributed by atoms with Crippen molar-refractivity contribution in [2.45, 2.75) is 77.1 Å². The van der Waals surface area contributed by atoms with Crippen molar-refractivity contribution in [3.05, 3.63) is 95.1 Å². The summed E-state index contributed by atoms with van der Waals surface area (Å²) in [6, 6.07) is 21.0. The molecular formula is C40H50N4O7. The first-order valence-electron chi connectivity index (χ1n) is 17.9. The molecule has 0 aromatic heterocycles. The Balaban J connectivity index is 1.31. The molecule has 0 saturated carbocycles. The number of nitrogens with zero attached hydrogens (tertiary/aromatic N) is 1. The van der Waals surface area contributed by atoms with Gasteiger partial charge in [0.1, 0.15) is 23.6 Å². The summed E-state index contributed by atoms with van der Waals surface area (Å²) in [7, 11) is 1.60. The summed E-state index contributed by atoms with van der Waals surface area (Å²) in [5.74, 6) is 0.162. The minimum atomic E-state index is -1.17. The van der Waals surface area contributed by atoms with Crippen LogP contribution in [0.1, 0.15) is 60.8 Å². The van der Waals surface area contributed by atoms with Crippen LogP contribution in [0.5, 0.6) is 11.5 Å². The standard InChI is InChI=1S/C40H50N4O7/c1-28-10-14-34-23-32(28)25-41-39(47)35(17-13-29-7-4-3-5-8-29)43-40(48)36(24-38(46)44-20-6-9-30(26-44)18-22-51-34)42-37(45)19-21-50-27-31-11-15-33(49-2)16-12-31/h3-5,7-8,10-12,14-16,23,30,35-36H,6,9,13,17-22,24-27H2,1-2H3,(H,41,47)(H,42,45)(H,43,48)/t30?,35-,36-/m0/s1. The summed E-state index contributed by atoms with van der Waals surface area (Å²) >= 11 is 0. The SMILES string of the molecule is COc1ccc(COCCC(=O)N[C@H]2CC(=O)N3CCCC(CCOc4ccc(C)c(c4)CNC(=O)[C@H](CCc4ccccc4)NC2=O)C3)cc1. The van der Waals surface area contributed by atoms with E-state index in [1.54, 1.807) is 12.0 Å². The second-order valence-corrected chi connectivity index (χ2v) is 13.4. The van der Waals surface area contributed by atoms with Crippen LogP contribution in [0.25, 0.3) is 0 Å². The molecule has 0 spiro atoms. The van der Waals surface area contributed by atoms with Crippen LogP contribution in [-0.4, -0.2) is 74.0 Å². The largest absolute Gasteiger partial charge is 0.497 e. The zero-order valence-electron chi connectivity index (χ0n) is 29.7. The Morgan fingerprint density at radius 1 is 0.980 bits per heavy atom. The Morgan fingerprint density at radius 2 is 1.78 bits per heavy atom. The van der Waals surface area contributed by atoms with Gasteiger partial charge in [-0.15, -0.1) is 0 Å². The van der Waals surface area contributed by atoms with Crippen molar-refractivity contribution in [3.63, 3.8) is 0 Å². The third kappa shape index (κ3) is 11.6. The highest BCUT2D eigenvalue weighted by Crippen LogP contribution is 2.23. The normalized spacial score (nSPS) is 20.2. The van der Waals surface area contributed by atoms with Crippen molar-refractivity contribution in [1.29, 1.82) is 0 Å². The summed E-state index contributed by atoms with van der Waals surface area (Å²) in [5, 5.41) is 8.67. The summed E-state index contributed by atoms with van der Waals surface area (Å²) < 4.78 is 17.0. The van der Waals surface area contributed by atoms with E-state index in [9.17, 15) is 19.2 Å². The average molecular weight is 699 g/mol. The third-order valence-electron chi connectivity index (χ3n) is 9.57. The zero-order valence-corrected chi connectivity index (χ0v) is 29.7. The van der Waals surface area contributed by atoms with E-state index in [2.05, 4.69) is 16.0 Å². The molecule has 11 heteroatoms. The number of carbonyl (C=O) groups excluding carboxylic acids is 4. The lowest BCUT2D eigenvalue weighted by atomic mass is 9.94. The summed E-state index contributed by atoms with van der Waals surface area (Å²) in [6.07, 6.45) is 3.26. The number of amides is 4. The number of carbonyl (C=O) groups is 4. The zero-order chi connectivity index (χ0) is 36.0. The fourth-order valence-corrected chi connectivity index (χ4v) is 6.46. The van der Waals surface area contributed by atoms with Crippen LogP contribution in [0.4, 0.5) is 0 Å². The third-order valence-corrected chi connectivity index (χ3v) is 9.57. The smallest absolute Gasteiger partial charge is 0.243 e. The van der Waals surface area contributed by atoms with Gasteiger partial charge in [-0.05, 0) is 91.5 Å². The molecule has 0 radical (unpaired) electrons. The lowest BCUT2D eigenvalue weighted by Crippen LogP contribution is -2.55. The van der Waals surface area contributed by atoms with Gasteiger partial charge in [0.2, 0.25) is 23.6 Å². The highest BCUT2D eigenvalue weighted by Gasteiger charge is 2.32. The van der Waals surface area contributed by atoms with Crippen molar-refractivity contribution < 1.29 is 33.4 Å². The van der Waals surface area contributed by atoms with Crippen LogP contribution >= 0.6 is 0 Å². The van der Waals surface area contributed by atoms with Gasteiger partial charge >= 0.3 is 0 Å². The number of rotatable bonds is 10. The van der Waals surface area contributed by atoms with E-state index in [1.807, 2.05) is 79.7 Å². The lowest BCUT2D eigenvalue weighted by molar-refractivity contribution is -0.138. The van der Waals surface area contributed by atoms with Gasteiger partial charge < -0.3 is 35.1 Å². The topological polar surface area (TPSA) is 135 Å². The Kier molecular flexibility index (Phi) is 13.9. The minimum Gasteiger partial charge on any atom is -0.497 e. The highest BCUT2D eigenvalue weighted by atomic mass is 16.5. The van der Waals surface area contributed by atoms with Gasteiger partial charge in [-0.3, -0.25) is 19.2 Å². The Labute approximate surface area is 300 Å². The van der Waals surface area contributed by atoms with Crippen molar-refractivity contribution in [2.24, 2.45) is 5.92 Å². The molecule has 2 heterocycles. The maximum absolute atomic E-state index is 14.0. The number of ether oxygens (including phenoxy) is 3. The number of hydrogen-bond acceptors (Lipinski definition) is 7. The highest BCUT2D eigenvalue weighted by molar-refractivity contribution is 5.95. The van der Waals surface area contributed by atoms with E-state index >= 15 is 0 Å². The Hall–Kier alpha value is -4.90. The van der Waals surface area contributed by atoms with Gasteiger partial charge in [0.25, 0.3) is 0 Å². The second-order valence-electron chi connectivity index (χ2n) is 13.4. The van der Waals surface area contributed by atoms with Gasteiger partial charge in [-0.2, -0.15) is 0 Å². The molecule has 11 nitrogen and oxygen atoms in total. The first-order valence-corrected chi connectivity index (χ1v) is 17.9. The number of hydrogen-bond donors (Lipinski definition) is 3. The Morgan fingerprint density at radius 3 is 2.57 bits per heavy atom. The molecule has 3 aromatic rings. The van der Waals surface area contributed by atoms with Crippen molar-refractivity contribution >= 4 is 23.6 Å². The molecule has 3 atom stereocenters. The molecule has 0 aliphatic carbocycles. The molecule has 1 saturated heterocycles. The monoisotopic (exact) mass is 698 g/mol. The van der Waals surface area contributed by atoms with Crippen LogP contribution in [0.15, 0.2) is 72.8 Å². The van der Waals surface area contributed by atoms with E-state index < -0.39 is 23.9 Å². The van der Waals surface area contributed by atoms with Crippen molar-refractivity contribution in [3.8, 4) is 11.5 Å². The van der Waals surface area contributed by atoms with Crippen molar-refractivity contribution in [1.82, 2.24) is 20.9 Å². The van der Waals surface area contributed by atoms with Crippen molar-refractivity contribution in [2.75, 3.05) is 33.4 Å². The number of aryl methyl sites for hydroxylation is 2. The number of nitrogens with one attached hydrogen (secondary N) is 3. The maximum Gasteiger partial charge on any atom is 0.243 e. The van der Waals surface area contributed by atoms with Crippen LogP contribution in [0.3, 0.4) is 0 Å². The van der Waals surface area contributed by atoms with E-state index in [0.29, 0.717) is 39.1 Å². The molecule has 4 amide bonds. The molecule has 1 fully saturated rings. The van der Waals surface area contributed by atoms with Gasteiger partial charge in [-0.1, -0.05) is 48.5 Å². The quantitative estimate of drug-likeness (QED) is 0.270. The molecule has 272 valence electrons. The molecular weight excluding hydrogens is 648 g/mol. The maximum atomic E-state index is 14.0. The van der Waals surface area contributed by atoms with Crippen LogP contribution in [0.2, 0.25) is 0 Å². The average Bonchev–Trinajstić information content (AvgIpc) is 3.15. The van der Waals surface area contributed by atoms with Gasteiger partial charge in [0.15, 0.2) is 0 Å². The van der Waals surface area contributed by atoms with E-state index in [0.717, 1.165) is 53.0 Å². The predicted molar refractivity (Wildman–Crippen MR) is 193 cm³/mol. The molecule has 1 unspecified atom stereocenters. The second kappa shape index (κ2) is 18.9. The first-order chi connectivity index (χ1) is 24.8. The molecule has 2 aliphatic rings. The molecule has 3 aromatic carbocycles. The molecule has 3 N–H and O–H groups in total. The lowest BCUT2D eigenvalue weighted by Gasteiger charge is -2.34. The first kappa shape index (κ1) is 37.4. The molecule has 2 aliphatic heterocycles. The Bertz CT molecular complexity index is 1610. The molecule has 4 bridgehead atoms. The van der Waals surface area contributed by atoms with Crippen LogP contribution < -0.4 is 25.4 Å². The fourth-order valence-electron chi connectivity index (χ4n) is 6.46. The number of benzene rings is 3. The van der Waals surface area contributed by atoms with Crippen LogP contribution in [-0.2, 0) is 43.5 Å². The van der Waals surface area contributed by atoms with Gasteiger partial charge in [-0.25, -0.2) is 0 Å². The van der Waals surface area contributed by atoms with E-state index in [4.69, 9.17) is 14.2 Å². The summed E-state index contributed by atoms with van der Waals surface area (Å²) in [4.78, 5) is 56.3. The molecule has 51 heavy (non-hydrogen) atoms. The van der Waals surface area contributed by atoms with Gasteiger partial charge in [0.05, 0.1) is 33.4 Å². The predicted octanol–water partition coefficient (Wildman–Crippen LogP) is 4.24. The van der Waals surface area contributed by atoms with E-state index in [1.165, 1.54) is 0 Å². The van der Waals surface area contributed by atoms with Gasteiger partial charge in [0, 0.05) is 26.1 Å². The molecule has 5 rings (SSSR count). The number of piperidine rings is 1. The number of methoxy groups -OCH3 is 1.